The summed E-state index contributed by atoms with van der Waals surface area (Å²) in [5.74, 6) is 0.517. The van der Waals surface area contributed by atoms with Crippen LogP contribution in [0, 0.1) is 5.92 Å². The Bertz CT molecular complexity index is 525. The fourth-order valence-electron chi connectivity index (χ4n) is 2.62. The maximum Gasteiger partial charge on any atom is 0.0896 e. The Labute approximate surface area is 123 Å². The van der Waals surface area contributed by atoms with Crippen molar-refractivity contribution in [2.24, 2.45) is 5.92 Å². The van der Waals surface area contributed by atoms with Gasteiger partial charge in [0.05, 0.1) is 23.5 Å². The SMILES string of the molecule is CCn1cc(C2OCCC2CNCc2cscn2)cn1. The molecule has 108 valence electrons. The van der Waals surface area contributed by atoms with Crippen molar-refractivity contribution in [1.29, 1.82) is 0 Å². The van der Waals surface area contributed by atoms with Crippen LogP contribution in [-0.4, -0.2) is 27.9 Å². The molecule has 2 aromatic heterocycles. The number of hydrogen-bond donors (Lipinski definition) is 1. The lowest BCUT2D eigenvalue weighted by atomic mass is 9.97. The molecule has 1 fully saturated rings. The van der Waals surface area contributed by atoms with Gasteiger partial charge in [0.1, 0.15) is 0 Å². The van der Waals surface area contributed by atoms with E-state index in [9.17, 15) is 0 Å². The molecule has 3 rings (SSSR count). The molecule has 0 bridgehead atoms. The summed E-state index contributed by atoms with van der Waals surface area (Å²) < 4.78 is 7.85. The molecule has 1 aliphatic heterocycles. The second-order valence-electron chi connectivity index (χ2n) is 5.08. The highest BCUT2D eigenvalue weighted by molar-refractivity contribution is 7.07. The second kappa shape index (κ2) is 6.47. The van der Waals surface area contributed by atoms with Crippen molar-refractivity contribution in [3.05, 3.63) is 34.5 Å². The first-order chi connectivity index (χ1) is 9.86. The molecular weight excluding hydrogens is 272 g/mol. The van der Waals surface area contributed by atoms with Crippen molar-refractivity contribution >= 4 is 11.3 Å². The molecule has 0 aromatic carbocycles. The average Bonchev–Trinajstić information content (AvgIpc) is 3.20. The van der Waals surface area contributed by atoms with Crippen LogP contribution in [0.5, 0.6) is 0 Å². The largest absolute Gasteiger partial charge is 0.373 e. The van der Waals surface area contributed by atoms with E-state index in [0.717, 1.165) is 38.4 Å². The minimum Gasteiger partial charge on any atom is -0.373 e. The topological polar surface area (TPSA) is 52.0 Å². The zero-order valence-electron chi connectivity index (χ0n) is 11.7. The van der Waals surface area contributed by atoms with E-state index in [1.807, 2.05) is 16.4 Å². The van der Waals surface area contributed by atoms with Crippen molar-refractivity contribution in [1.82, 2.24) is 20.1 Å². The Morgan fingerprint density at radius 1 is 1.55 bits per heavy atom. The molecule has 20 heavy (non-hydrogen) atoms. The lowest BCUT2D eigenvalue weighted by Gasteiger charge is -2.17. The maximum absolute atomic E-state index is 5.89. The smallest absolute Gasteiger partial charge is 0.0896 e. The Hall–Kier alpha value is -1.24. The monoisotopic (exact) mass is 292 g/mol. The molecule has 2 atom stereocenters. The zero-order valence-corrected chi connectivity index (χ0v) is 12.5. The van der Waals surface area contributed by atoms with Crippen molar-refractivity contribution in [2.75, 3.05) is 13.2 Å². The third-order valence-electron chi connectivity index (χ3n) is 3.72. The first-order valence-electron chi connectivity index (χ1n) is 7.08. The van der Waals surface area contributed by atoms with Crippen LogP contribution < -0.4 is 5.32 Å². The first-order valence-corrected chi connectivity index (χ1v) is 8.03. The molecule has 0 radical (unpaired) electrons. The summed E-state index contributed by atoms with van der Waals surface area (Å²) in [5, 5.41) is 9.91. The van der Waals surface area contributed by atoms with Gasteiger partial charge in [0.2, 0.25) is 0 Å². The van der Waals surface area contributed by atoms with Crippen LogP contribution in [0.15, 0.2) is 23.3 Å². The normalized spacial score (nSPS) is 22.4. The van der Waals surface area contributed by atoms with Gasteiger partial charge >= 0.3 is 0 Å². The number of aromatic nitrogens is 3. The van der Waals surface area contributed by atoms with E-state index in [1.54, 1.807) is 11.3 Å². The summed E-state index contributed by atoms with van der Waals surface area (Å²) >= 11 is 1.64. The lowest BCUT2D eigenvalue weighted by molar-refractivity contribution is 0.0903. The molecule has 5 nitrogen and oxygen atoms in total. The van der Waals surface area contributed by atoms with E-state index in [-0.39, 0.29) is 6.10 Å². The average molecular weight is 292 g/mol. The minimum atomic E-state index is 0.179. The van der Waals surface area contributed by atoms with Gasteiger partial charge in [0.25, 0.3) is 0 Å². The van der Waals surface area contributed by atoms with Crippen LogP contribution in [0.3, 0.4) is 0 Å². The number of aryl methyl sites for hydroxylation is 1. The third-order valence-corrected chi connectivity index (χ3v) is 4.35. The Kier molecular flexibility index (Phi) is 4.44. The summed E-state index contributed by atoms with van der Waals surface area (Å²) in [6, 6.07) is 0. The highest BCUT2D eigenvalue weighted by Crippen LogP contribution is 2.33. The van der Waals surface area contributed by atoms with Crippen molar-refractivity contribution in [3.8, 4) is 0 Å². The molecule has 0 aliphatic carbocycles. The summed E-state index contributed by atoms with van der Waals surface area (Å²) in [6.45, 7) is 5.63. The van der Waals surface area contributed by atoms with Crippen LogP contribution in [0.4, 0.5) is 0 Å². The van der Waals surface area contributed by atoms with E-state index < -0.39 is 0 Å². The van der Waals surface area contributed by atoms with Crippen LogP contribution in [0.25, 0.3) is 0 Å². The van der Waals surface area contributed by atoms with E-state index >= 15 is 0 Å². The third kappa shape index (κ3) is 3.08. The number of ether oxygens (including phenoxy) is 1. The lowest BCUT2D eigenvalue weighted by Crippen LogP contribution is -2.24. The zero-order chi connectivity index (χ0) is 13.8. The van der Waals surface area contributed by atoms with Crippen molar-refractivity contribution < 1.29 is 4.74 Å². The molecule has 0 saturated carbocycles. The Morgan fingerprint density at radius 3 is 3.25 bits per heavy atom. The molecule has 1 N–H and O–H groups in total. The predicted molar refractivity (Wildman–Crippen MR) is 78.5 cm³/mol. The van der Waals surface area contributed by atoms with Gasteiger partial charge in [-0.1, -0.05) is 0 Å². The molecule has 2 unspecified atom stereocenters. The van der Waals surface area contributed by atoms with Crippen LogP contribution in [-0.2, 0) is 17.8 Å². The molecule has 1 aliphatic rings. The molecule has 6 heteroatoms. The molecule has 2 aromatic rings. The first kappa shape index (κ1) is 13.7. The number of nitrogens with zero attached hydrogens (tertiary/aromatic N) is 3. The quantitative estimate of drug-likeness (QED) is 0.887. The number of hydrogen-bond acceptors (Lipinski definition) is 5. The highest BCUT2D eigenvalue weighted by Gasteiger charge is 2.30. The van der Waals surface area contributed by atoms with Gasteiger partial charge in [-0.3, -0.25) is 4.68 Å². The van der Waals surface area contributed by atoms with Gasteiger partial charge in [-0.05, 0) is 13.3 Å². The van der Waals surface area contributed by atoms with Gasteiger partial charge in [-0.15, -0.1) is 11.3 Å². The van der Waals surface area contributed by atoms with E-state index in [2.05, 4.69) is 33.9 Å². The fourth-order valence-corrected chi connectivity index (χ4v) is 3.18. The van der Waals surface area contributed by atoms with Crippen molar-refractivity contribution in [3.63, 3.8) is 0 Å². The van der Waals surface area contributed by atoms with E-state index in [1.165, 1.54) is 5.56 Å². The maximum atomic E-state index is 5.89. The standard InChI is InChI=1S/C14H20N4OS/c1-2-18-8-12(6-17-18)14-11(3-4-19-14)5-15-7-13-9-20-10-16-13/h6,8-11,14-15H,2-5,7H2,1H3. The molecule has 0 spiro atoms. The van der Waals surface area contributed by atoms with E-state index in [0.29, 0.717) is 5.92 Å². The van der Waals surface area contributed by atoms with Crippen LogP contribution >= 0.6 is 11.3 Å². The molecular formula is C14H20N4OS. The summed E-state index contributed by atoms with van der Waals surface area (Å²) in [7, 11) is 0. The Morgan fingerprint density at radius 2 is 2.50 bits per heavy atom. The fraction of sp³-hybridized carbons (Fsp3) is 0.571. The number of nitrogens with one attached hydrogen (secondary N) is 1. The van der Waals surface area contributed by atoms with Crippen LogP contribution in [0.1, 0.15) is 30.7 Å². The number of rotatable bonds is 6. The van der Waals surface area contributed by atoms with Crippen LogP contribution in [0.2, 0.25) is 0 Å². The Balaban J connectivity index is 1.55. The predicted octanol–water partition coefficient (Wildman–Crippen LogP) is 2.23. The molecule has 1 saturated heterocycles. The summed E-state index contributed by atoms with van der Waals surface area (Å²) in [5.41, 5.74) is 4.19. The van der Waals surface area contributed by atoms with Gasteiger partial charge in [0, 0.05) is 49.3 Å². The second-order valence-corrected chi connectivity index (χ2v) is 5.80. The van der Waals surface area contributed by atoms with Gasteiger partial charge in [-0.2, -0.15) is 5.10 Å². The van der Waals surface area contributed by atoms with Gasteiger partial charge in [-0.25, -0.2) is 4.98 Å². The summed E-state index contributed by atoms with van der Waals surface area (Å²) in [6.07, 6.45) is 5.32. The highest BCUT2D eigenvalue weighted by atomic mass is 32.1. The van der Waals surface area contributed by atoms with E-state index in [4.69, 9.17) is 4.74 Å². The number of thiazole rings is 1. The molecule has 0 amide bonds. The minimum absolute atomic E-state index is 0.179. The summed E-state index contributed by atoms with van der Waals surface area (Å²) in [4.78, 5) is 4.28. The molecule has 3 heterocycles. The van der Waals surface area contributed by atoms with Crippen molar-refractivity contribution in [2.45, 2.75) is 32.5 Å². The van der Waals surface area contributed by atoms with Gasteiger partial charge < -0.3 is 10.1 Å². The van der Waals surface area contributed by atoms with Gasteiger partial charge in [0.15, 0.2) is 0 Å².